The van der Waals surface area contributed by atoms with Gasteiger partial charge >= 0.3 is 12.4 Å². The van der Waals surface area contributed by atoms with Crippen LogP contribution in [-0.4, -0.2) is 11.8 Å². The lowest BCUT2D eigenvalue weighted by Crippen LogP contribution is -2.41. The van der Waals surface area contributed by atoms with Gasteiger partial charge in [0.1, 0.15) is 0 Å². The summed E-state index contributed by atoms with van der Waals surface area (Å²) in [6.07, 6.45) is -9.44. The third kappa shape index (κ3) is 5.25. The molecule has 0 saturated heterocycles. The van der Waals surface area contributed by atoms with Crippen molar-refractivity contribution in [1.82, 2.24) is 10.9 Å². The molecule has 0 aliphatic heterocycles. The summed E-state index contributed by atoms with van der Waals surface area (Å²) in [5.41, 5.74) is 0.674. The Morgan fingerprint density at radius 1 is 0.679 bits per heavy atom. The van der Waals surface area contributed by atoms with Crippen molar-refractivity contribution in [2.75, 3.05) is 0 Å². The van der Waals surface area contributed by atoms with Gasteiger partial charge in [-0.2, -0.15) is 26.3 Å². The molecule has 0 saturated carbocycles. The third-order valence-electron chi connectivity index (χ3n) is 3.36. The van der Waals surface area contributed by atoms with Crippen LogP contribution in [0, 0.1) is 0 Å². The molecule has 4 nitrogen and oxygen atoms in total. The summed E-state index contributed by atoms with van der Waals surface area (Å²) in [4.78, 5) is 23.9. The molecule has 0 aliphatic rings. The fraction of sp³-hybridized carbons (Fsp3) is 0.125. The van der Waals surface area contributed by atoms with Crippen LogP contribution in [0.4, 0.5) is 26.3 Å². The number of rotatable bonds is 2. The fourth-order valence-electron chi connectivity index (χ4n) is 2.03. The van der Waals surface area contributed by atoms with Gasteiger partial charge in [-0.3, -0.25) is 20.4 Å². The van der Waals surface area contributed by atoms with Gasteiger partial charge in [-0.1, -0.05) is 31.9 Å². The van der Waals surface area contributed by atoms with E-state index in [9.17, 15) is 35.9 Å². The highest BCUT2D eigenvalue weighted by molar-refractivity contribution is 9.10. The number of benzene rings is 2. The quantitative estimate of drug-likeness (QED) is 0.405. The standard InChI is InChI=1S/C16H8Br2F6N2O2/c17-11-3-1-7(5-9(11)15(19,20)21)13(27)25-26-14(28)8-2-4-12(18)10(6-8)16(22,23)24/h1-6H,(H,25,27)(H,26,28). The Hall–Kier alpha value is -2.08. The van der Waals surface area contributed by atoms with Crippen LogP contribution in [0.1, 0.15) is 31.8 Å². The van der Waals surface area contributed by atoms with E-state index >= 15 is 0 Å². The molecule has 0 heterocycles. The Labute approximate surface area is 170 Å². The number of amides is 2. The Kier molecular flexibility index (Phi) is 6.44. The van der Waals surface area contributed by atoms with Crippen LogP contribution in [0.25, 0.3) is 0 Å². The van der Waals surface area contributed by atoms with Gasteiger partial charge < -0.3 is 0 Å². The van der Waals surface area contributed by atoms with Crippen molar-refractivity contribution in [2.45, 2.75) is 12.4 Å². The SMILES string of the molecule is O=C(NNC(=O)c1ccc(Br)c(C(F)(F)F)c1)c1ccc(Br)c(C(F)(F)F)c1. The maximum atomic E-state index is 12.9. The number of halogens is 8. The molecular weight excluding hydrogens is 526 g/mol. The highest BCUT2D eigenvalue weighted by atomic mass is 79.9. The molecule has 2 N–H and O–H groups in total. The maximum Gasteiger partial charge on any atom is 0.417 e. The molecule has 0 aliphatic carbocycles. The molecule has 0 fully saturated rings. The Morgan fingerprint density at radius 3 is 1.29 bits per heavy atom. The fourth-order valence-corrected chi connectivity index (χ4v) is 2.97. The Bertz CT molecular complexity index is 853. The molecule has 2 aromatic rings. The average molecular weight is 534 g/mol. The summed E-state index contributed by atoms with van der Waals surface area (Å²) in [5, 5.41) is 0. The van der Waals surface area contributed by atoms with Gasteiger partial charge in [-0.25, -0.2) is 0 Å². The summed E-state index contributed by atoms with van der Waals surface area (Å²) < 4.78 is 76.6. The molecular formula is C16H8Br2F6N2O2. The normalized spacial score (nSPS) is 11.9. The lowest BCUT2D eigenvalue weighted by Gasteiger charge is -2.13. The molecule has 0 radical (unpaired) electrons. The number of hydrogen-bond donors (Lipinski definition) is 2. The second-order valence-corrected chi connectivity index (χ2v) is 7.00. The van der Waals surface area contributed by atoms with Crippen molar-refractivity contribution in [3.05, 3.63) is 67.6 Å². The van der Waals surface area contributed by atoms with Gasteiger partial charge in [-0.05, 0) is 36.4 Å². The van der Waals surface area contributed by atoms with E-state index in [2.05, 4.69) is 31.9 Å². The van der Waals surface area contributed by atoms with Crippen molar-refractivity contribution >= 4 is 43.7 Å². The summed E-state index contributed by atoms with van der Waals surface area (Å²) in [6, 6.07) is 5.28. The van der Waals surface area contributed by atoms with Gasteiger partial charge in [0.15, 0.2) is 0 Å². The number of alkyl halides is 6. The van der Waals surface area contributed by atoms with Gasteiger partial charge in [0.25, 0.3) is 11.8 Å². The molecule has 0 spiro atoms. The molecule has 0 atom stereocenters. The zero-order chi connectivity index (χ0) is 21.3. The van der Waals surface area contributed by atoms with Crippen LogP contribution in [0.5, 0.6) is 0 Å². The summed E-state index contributed by atoms with van der Waals surface area (Å²) >= 11 is 5.44. The van der Waals surface area contributed by atoms with Gasteiger partial charge in [0.05, 0.1) is 11.1 Å². The van der Waals surface area contributed by atoms with Crippen molar-refractivity contribution in [3.8, 4) is 0 Å². The van der Waals surface area contributed by atoms with Crippen molar-refractivity contribution in [1.29, 1.82) is 0 Å². The van der Waals surface area contributed by atoms with Gasteiger partial charge in [-0.15, -0.1) is 0 Å². The topological polar surface area (TPSA) is 58.2 Å². The van der Waals surface area contributed by atoms with Gasteiger partial charge in [0.2, 0.25) is 0 Å². The monoisotopic (exact) mass is 532 g/mol. The zero-order valence-corrected chi connectivity index (χ0v) is 16.5. The predicted molar refractivity (Wildman–Crippen MR) is 93.2 cm³/mol. The van der Waals surface area contributed by atoms with E-state index in [4.69, 9.17) is 0 Å². The van der Waals surface area contributed by atoms with E-state index in [1.54, 1.807) is 0 Å². The maximum absolute atomic E-state index is 12.9. The van der Waals surface area contributed by atoms with Crippen molar-refractivity contribution in [2.24, 2.45) is 0 Å². The van der Waals surface area contributed by atoms with E-state index in [0.717, 1.165) is 24.3 Å². The third-order valence-corrected chi connectivity index (χ3v) is 4.74. The zero-order valence-electron chi connectivity index (χ0n) is 13.3. The van der Waals surface area contributed by atoms with Crippen molar-refractivity contribution < 1.29 is 35.9 Å². The largest absolute Gasteiger partial charge is 0.417 e. The van der Waals surface area contributed by atoms with E-state index < -0.39 is 46.4 Å². The van der Waals surface area contributed by atoms with E-state index in [1.165, 1.54) is 0 Å². The minimum Gasteiger partial charge on any atom is -0.267 e. The minimum atomic E-state index is -4.72. The minimum absolute atomic E-state index is 0.282. The Balaban J connectivity index is 2.15. The van der Waals surface area contributed by atoms with Crippen LogP contribution < -0.4 is 10.9 Å². The molecule has 0 aromatic heterocycles. The lowest BCUT2D eigenvalue weighted by atomic mass is 10.1. The first kappa shape index (κ1) is 22.2. The molecule has 28 heavy (non-hydrogen) atoms. The number of hydrogen-bond acceptors (Lipinski definition) is 2. The van der Waals surface area contributed by atoms with Crippen LogP contribution in [0.2, 0.25) is 0 Å². The lowest BCUT2D eigenvalue weighted by molar-refractivity contribution is -0.139. The number of carbonyl (C=O) groups excluding carboxylic acids is 2. The summed E-state index contributed by atoms with van der Waals surface area (Å²) in [5.74, 6) is -2.17. The first-order valence-corrected chi connectivity index (χ1v) is 8.73. The smallest absolute Gasteiger partial charge is 0.267 e. The number of hydrazine groups is 1. The summed E-state index contributed by atoms with van der Waals surface area (Å²) in [7, 11) is 0. The molecule has 2 aromatic carbocycles. The van der Waals surface area contributed by atoms with Crippen LogP contribution in [-0.2, 0) is 12.4 Å². The van der Waals surface area contributed by atoms with Crippen molar-refractivity contribution in [3.63, 3.8) is 0 Å². The average Bonchev–Trinajstić information content (AvgIpc) is 2.58. The Morgan fingerprint density at radius 2 is 1.00 bits per heavy atom. The van der Waals surface area contributed by atoms with E-state index in [-0.39, 0.29) is 8.95 Å². The second kappa shape index (κ2) is 8.11. The molecule has 12 heteroatoms. The van der Waals surface area contributed by atoms with Gasteiger partial charge in [0, 0.05) is 20.1 Å². The molecule has 0 unspecified atom stereocenters. The molecule has 150 valence electrons. The van der Waals surface area contributed by atoms with Crippen LogP contribution in [0.15, 0.2) is 45.3 Å². The second-order valence-electron chi connectivity index (χ2n) is 5.29. The highest BCUT2D eigenvalue weighted by Gasteiger charge is 2.34. The summed E-state index contributed by atoms with van der Waals surface area (Å²) in [6.45, 7) is 0. The molecule has 2 rings (SSSR count). The van der Waals surface area contributed by atoms with E-state index in [1.807, 2.05) is 10.9 Å². The predicted octanol–water partition coefficient (Wildman–Crippen LogP) is 5.32. The van der Waals surface area contributed by atoms with Crippen LogP contribution >= 0.6 is 31.9 Å². The first-order chi connectivity index (χ1) is 12.8. The number of nitrogens with one attached hydrogen (secondary N) is 2. The number of carbonyl (C=O) groups is 2. The highest BCUT2D eigenvalue weighted by Crippen LogP contribution is 2.36. The molecule has 2 amide bonds. The van der Waals surface area contributed by atoms with Crippen LogP contribution in [0.3, 0.4) is 0 Å². The first-order valence-electron chi connectivity index (χ1n) is 7.15. The van der Waals surface area contributed by atoms with E-state index in [0.29, 0.717) is 12.1 Å². The molecule has 0 bridgehead atoms.